The van der Waals surface area contributed by atoms with Crippen molar-refractivity contribution in [2.45, 2.75) is 25.9 Å². The summed E-state index contributed by atoms with van der Waals surface area (Å²) in [5, 5.41) is 2.99. The number of carbonyl (C=O) groups is 1. The lowest BCUT2D eigenvalue weighted by Gasteiger charge is -2.14. The summed E-state index contributed by atoms with van der Waals surface area (Å²) in [6, 6.07) is 7.98. The normalized spacial score (nSPS) is 12.1. The molecule has 100 valence electrons. The molecule has 5 heteroatoms. The van der Waals surface area contributed by atoms with Gasteiger partial charge in [0.2, 0.25) is 5.91 Å². The summed E-state index contributed by atoms with van der Waals surface area (Å²) >= 11 is 3.40. The van der Waals surface area contributed by atoms with Crippen LogP contribution in [-0.2, 0) is 11.3 Å². The van der Waals surface area contributed by atoms with E-state index in [1.165, 1.54) is 0 Å². The van der Waals surface area contributed by atoms with E-state index >= 15 is 0 Å². The molecule has 1 aromatic carbocycles. The second kappa shape index (κ2) is 6.52. The highest BCUT2D eigenvalue weighted by atomic mass is 79.9. The summed E-state index contributed by atoms with van der Waals surface area (Å²) in [5.41, 5.74) is 1.10. The van der Waals surface area contributed by atoms with Crippen LogP contribution in [-0.4, -0.2) is 15.5 Å². The third-order valence-corrected chi connectivity index (χ3v) is 3.43. The van der Waals surface area contributed by atoms with Crippen LogP contribution in [0.15, 0.2) is 47.5 Å². The first-order valence-electron chi connectivity index (χ1n) is 6.16. The Morgan fingerprint density at radius 2 is 2.16 bits per heavy atom. The fourth-order valence-electron chi connectivity index (χ4n) is 1.80. The zero-order valence-electron chi connectivity index (χ0n) is 10.7. The lowest BCUT2D eigenvalue weighted by atomic mass is 10.1. The van der Waals surface area contributed by atoms with Gasteiger partial charge in [0.1, 0.15) is 0 Å². The fourth-order valence-corrected chi connectivity index (χ4v) is 2.06. The van der Waals surface area contributed by atoms with E-state index in [0.717, 1.165) is 10.0 Å². The Bertz CT molecular complexity index is 522. The Labute approximate surface area is 121 Å². The molecule has 19 heavy (non-hydrogen) atoms. The molecule has 1 unspecified atom stereocenters. The van der Waals surface area contributed by atoms with Crippen LogP contribution in [0.25, 0.3) is 0 Å². The van der Waals surface area contributed by atoms with Gasteiger partial charge in [-0.2, -0.15) is 0 Å². The van der Waals surface area contributed by atoms with Crippen LogP contribution in [0.2, 0.25) is 0 Å². The zero-order valence-corrected chi connectivity index (χ0v) is 12.3. The number of nitrogens with zero attached hydrogens (tertiary/aromatic N) is 2. The minimum Gasteiger partial charge on any atom is -0.350 e. The Kier molecular flexibility index (Phi) is 4.74. The molecular weight excluding hydrogens is 306 g/mol. The number of carbonyl (C=O) groups excluding carboxylic acids is 1. The van der Waals surface area contributed by atoms with Gasteiger partial charge in [-0.1, -0.05) is 28.1 Å². The second-order valence-corrected chi connectivity index (χ2v) is 5.31. The van der Waals surface area contributed by atoms with E-state index in [1.807, 2.05) is 42.0 Å². The second-order valence-electron chi connectivity index (χ2n) is 4.39. The van der Waals surface area contributed by atoms with Crippen molar-refractivity contribution >= 4 is 21.8 Å². The molecule has 4 nitrogen and oxygen atoms in total. The maximum absolute atomic E-state index is 11.8. The lowest BCUT2D eigenvalue weighted by Crippen LogP contribution is -2.27. The molecule has 0 aliphatic carbocycles. The van der Waals surface area contributed by atoms with E-state index in [2.05, 4.69) is 26.2 Å². The van der Waals surface area contributed by atoms with Crippen LogP contribution in [0.4, 0.5) is 0 Å². The van der Waals surface area contributed by atoms with Gasteiger partial charge >= 0.3 is 0 Å². The topological polar surface area (TPSA) is 46.9 Å². The average Bonchev–Trinajstić information content (AvgIpc) is 2.90. The number of nitrogens with one attached hydrogen (secondary N) is 1. The monoisotopic (exact) mass is 321 g/mol. The van der Waals surface area contributed by atoms with Crippen molar-refractivity contribution in [1.29, 1.82) is 0 Å². The van der Waals surface area contributed by atoms with Crippen LogP contribution in [0, 0.1) is 0 Å². The van der Waals surface area contributed by atoms with Gasteiger partial charge in [-0.3, -0.25) is 4.79 Å². The minimum absolute atomic E-state index is 0.0170. The number of hydrogen-bond acceptors (Lipinski definition) is 2. The average molecular weight is 322 g/mol. The van der Waals surface area contributed by atoms with Gasteiger partial charge in [-0.25, -0.2) is 4.98 Å². The van der Waals surface area contributed by atoms with Crippen molar-refractivity contribution in [3.8, 4) is 0 Å². The highest BCUT2D eigenvalue weighted by Crippen LogP contribution is 2.16. The minimum atomic E-state index is 0.0170. The van der Waals surface area contributed by atoms with E-state index in [9.17, 15) is 4.79 Å². The highest BCUT2D eigenvalue weighted by Gasteiger charge is 2.09. The number of aromatic nitrogens is 2. The third-order valence-electron chi connectivity index (χ3n) is 2.90. The molecule has 1 aromatic heterocycles. The Balaban J connectivity index is 1.83. The number of aryl methyl sites for hydroxylation is 1. The van der Waals surface area contributed by atoms with Crippen molar-refractivity contribution in [1.82, 2.24) is 14.9 Å². The number of hydrogen-bond donors (Lipinski definition) is 1. The van der Waals surface area contributed by atoms with Crippen molar-refractivity contribution in [2.75, 3.05) is 0 Å². The Morgan fingerprint density at radius 1 is 1.42 bits per heavy atom. The number of rotatable bonds is 5. The van der Waals surface area contributed by atoms with Gasteiger partial charge in [-0.15, -0.1) is 0 Å². The molecule has 0 saturated carbocycles. The summed E-state index contributed by atoms with van der Waals surface area (Å²) in [4.78, 5) is 15.8. The molecule has 1 amide bonds. The van der Waals surface area contributed by atoms with Crippen molar-refractivity contribution in [2.24, 2.45) is 0 Å². The van der Waals surface area contributed by atoms with Crippen LogP contribution < -0.4 is 5.32 Å². The summed E-state index contributed by atoms with van der Waals surface area (Å²) in [5.74, 6) is 0.0455. The number of halogens is 1. The molecule has 0 bridgehead atoms. The summed E-state index contributed by atoms with van der Waals surface area (Å²) < 4.78 is 2.93. The van der Waals surface area contributed by atoms with E-state index < -0.39 is 0 Å². The first-order chi connectivity index (χ1) is 9.15. The lowest BCUT2D eigenvalue weighted by molar-refractivity contribution is -0.121. The van der Waals surface area contributed by atoms with Gasteiger partial charge in [0.15, 0.2) is 0 Å². The maximum atomic E-state index is 11.8. The molecule has 1 N–H and O–H groups in total. The van der Waals surface area contributed by atoms with Crippen molar-refractivity contribution in [3.05, 3.63) is 53.0 Å². The van der Waals surface area contributed by atoms with Gasteiger partial charge in [0.25, 0.3) is 0 Å². The molecule has 0 fully saturated rings. The van der Waals surface area contributed by atoms with Gasteiger partial charge < -0.3 is 9.88 Å². The van der Waals surface area contributed by atoms with Crippen molar-refractivity contribution < 1.29 is 4.79 Å². The molecule has 0 aliphatic rings. The van der Waals surface area contributed by atoms with E-state index in [-0.39, 0.29) is 11.9 Å². The highest BCUT2D eigenvalue weighted by molar-refractivity contribution is 9.10. The van der Waals surface area contributed by atoms with Gasteiger partial charge in [-0.05, 0) is 24.6 Å². The summed E-state index contributed by atoms with van der Waals surface area (Å²) in [6.45, 7) is 2.64. The van der Waals surface area contributed by atoms with E-state index in [1.54, 1.807) is 12.5 Å². The SMILES string of the molecule is CC(NC(=O)CCn1ccnc1)c1ccc(Br)cc1. The predicted molar refractivity (Wildman–Crippen MR) is 77.5 cm³/mol. The van der Waals surface area contributed by atoms with Crippen molar-refractivity contribution in [3.63, 3.8) is 0 Å². The molecule has 0 spiro atoms. The first kappa shape index (κ1) is 13.8. The summed E-state index contributed by atoms with van der Waals surface area (Å²) in [6.07, 6.45) is 5.73. The van der Waals surface area contributed by atoms with E-state index in [0.29, 0.717) is 13.0 Å². The molecule has 0 aliphatic heterocycles. The largest absolute Gasteiger partial charge is 0.350 e. The molecule has 0 radical (unpaired) electrons. The Morgan fingerprint density at radius 3 is 2.79 bits per heavy atom. The quantitative estimate of drug-likeness (QED) is 0.920. The molecule has 2 aromatic rings. The third kappa shape index (κ3) is 4.21. The molecule has 1 heterocycles. The first-order valence-corrected chi connectivity index (χ1v) is 6.95. The van der Waals surface area contributed by atoms with Gasteiger partial charge in [0.05, 0.1) is 12.4 Å². The van der Waals surface area contributed by atoms with E-state index in [4.69, 9.17) is 0 Å². The standard InChI is InChI=1S/C14H16BrN3O/c1-11(12-2-4-13(15)5-3-12)17-14(19)6-8-18-9-7-16-10-18/h2-5,7,9-11H,6,8H2,1H3,(H,17,19). The molecule has 0 saturated heterocycles. The van der Waals surface area contributed by atoms with Crippen LogP contribution >= 0.6 is 15.9 Å². The van der Waals surface area contributed by atoms with Crippen LogP contribution in [0.1, 0.15) is 24.9 Å². The predicted octanol–water partition coefficient (Wildman–Crippen LogP) is 2.91. The maximum Gasteiger partial charge on any atom is 0.222 e. The Hall–Kier alpha value is -1.62. The number of benzene rings is 1. The zero-order chi connectivity index (χ0) is 13.7. The molecule has 2 rings (SSSR count). The van der Waals surface area contributed by atoms with Crippen LogP contribution in [0.3, 0.4) is 0 Å². The summed E-state index contributed by atoms with van der Waals surface area (Å²) in [7, 11) is 0. The van der Waals surface area contributed by atoms with Gasteiger partial charge in [0, 0.05) is 29.8 Å². The molecular formula is C14H16BrN3O. The molecule has 1 atom stereocenters. The van der Waals surface area contributed by atoms with Crippen LogP contribution in [0.5, 0.6) is 0 Å². The smallest absolute Gasteiger partial charge is 0.222 e. The number of imidazole rings is 1. The number of amides is 1. The fraction of sp³-hybridized carbons (Fsp3) is 0.286.